The smallest absolute Gasteiger partial charge is 0.326 e. The fraction of sp³-hybridized carbons (Fsp3) is 0.455. The molecule has 102 valence electrons. The van der Waals surface area contributed by atoms with Crippen LogP contribution in [0.2, 0.25) is 0 Å². The van der Waals surface area contributed by atoms with Crippen molar-refractivity contribution in [2.24, 2.45) is 0 Å². The van der Waals surface area contributed by atoms with Gasteiger partial charge in [0.05, 0.1) is 6.33 Å². The maximum absolute atomic E-state index is 11.8. The minimum atomic E-state index is -0.581. The number of carbonyl (C=O) groups is 1. The molecule has 0 spiro atoms. The number of nitrogens with zero attached hydrogens (tertiary/aromatic N) is 3. The van der Waals surface area contributed by atoms with Crippen LogP contribution in [0.4, 0.5) is 5.95 Å². The Morgan fingerprint density at radius 2 is 2.21 bits per heavy atom. The van der Waals surface area contributed by atoms with Crippen molar-refractivity contribution in [3.05, 3.63) is 16.7 Å². The van der Waals surface area contributed by atoms with Gasteiger partial charge in [0.2, 0.25) is 5.95 Å². The maximum Gasteiger partial charge on any atom is 0.326 e. The monoisotopic (exact) mass is 265 g/mol. The van der Waals surface area contributed by atoms with E-state index in [1.807, 2.05) is 0 Å². The Morgan fingerprint density at radius 1 is 1.53 bits per heavy atom. The van der Waals surface area contributed by atoms with Crippen molar-refractivity contribution in [3.8, 4) is 0 Å². The lowest BCUT2D eigenvalue weighted by molar-refractivity contribution is -0.155. The van der Waals surface area contributed by atoms with Crippen molar-refractivity contribution >= 4 is 23.1 Å². The summed E-state index contributed by atoms with van der Waals surface area (Å²) in [4.78, 5) is 33.6. The summed E-state index contributed by atoms with van der Waals surface area (Å²) in [6, 6.07) is 0. The van der Waals surface area contributed by atoms with Crippen molar-refractivity contribution in [2.75, 3.05) is 5.73 Å². The highest BCUT2D eigenvalue weighted by Crippen LogP contribution is 2.10. The molecule has 0 aliphatic heterocycles. The van der Waals surface area contributed by atoms with E-state index in [1.165, 1.54) is 10.9 Å². The predicted octanol–water partition coefficient (Wildman–Crippen LogP) is 0.0435. The number of hydrogen-bond donors (Lipinski definition) is 2. The normalized spacial score (nSPS) is 11.7. The van der Waals surface area contributed by atoms with E-state index in [1.54, 1.807) is 20.8 Å². The summed E-state index contributed by atoms with van der Waals surface area (Å²) >= 11 is 0. The molecule has 0 unspecified atom stereocenters. The van der Waals surface area contributed by atoms with Crippen molar-refractivity contribution in [2.45, 2.75) is 32.9 Å². The Kier molecular flexibility index (Phi) is 3.01. The molecule has 2 aromatic heterocycles. The highest BCUT2D eigenvalue weighted by Gasteiger charge is 2.18. The predicted molar refractivity (Wildman–Crippen MR) is 68.4 cm³/mol. The summed E-state index contributed by atoms with van der Waals surface area (Å²) in [6.07, 6.45) is 1.36. The average molecular weight is 265 g/mol. The number of carbonyl (C=O) groups excluding carboxylic acids is 1. The number of aromatic amines is 1. The van der Waals surface area contributed by atoms with Crippen LogP contribution in [-0.2, 0) is 16.1 Å². The van der Waals surface area contributed by atoms with Gasteiger partial charge in [0.1, 0.15) is 12.1 Å². The SMILES string of the molecule is CC(C)(C)OC(=O)Cn1cnc2nc(N)[nH]c(=O)c21. The Bertz CT molecular complexity index is 680. The third-order valence-corrected chi connectivity index (χ3v) is 2.22. The number of hydrogen-bond acceptors (Lipinski definition) is 6. The van der Waals surface area contributed by atoms with Gasteiger partial charge in [-0.3, -0.25) is 14.6 Å². The van der Waals surface area contributed by atoms with Crippen LogP contribution >= 0.6 is 0 Å². The second-order valence-electron chi connectivity index (χ2n) is 5.08. The zero-order valence-electron chi connectivity index (χ0n) is 10.9. The van der Waals surface area contributed by atoms with Gasteiger partial charge in [-0.25, -0.2) is 4.98 Å². The number of imidazole rings is 1. The number of esters is 1. The molecule has 0 amide bonds. The van der Waals surface area contributed by atoms with Gasteiger partial charge in [0, 0.05) is 0 Å². The second kappa shape index (κ2) is 4.38. The van der Waals surface area contributed by atoms with Crippen LogP contribution in [0.15, 0.2) is 11.1 Å². The fourth-order valence-corrected chi connectivity index (χ4v) is 1.64. The van der Waals surface area contributed by atoms with E-state index in [2.05, 4.69) is 15.0 Å². The summed E-state index contributed by atoms with van der Waals surface area (Å²) < 4.78 is 6.56. The van der Waals surface area contributed by atoms with Gasteiger partial charge >= 0.3 is 5.97 Å². The van der Waals surface area contributed by atoms with E-state index >= 15 is 0 Å². The van der Waals surface area contributed by atoms with E-state index in [0.29, 0.717) is 0 Å². The van der Waals surface area contributed by atoms with Crippen LogP contribution in [0.5, 0.6) is 0 Å². The minimum Gasteiger partial charge on any atom is -0.459 e. The topological polar surface area (TPSA) is 116 Å². The van der Waals surface area contributed by atoms with Crippen LogP contribution in [0, 0.1) is 0 Å². The lowest BCUT2D eigenvalue weighted by Crippen LogP contribution is -2.27. The molecular weight excluding hydrogens is 250 g/mol. The highest BCUT2D eigenvalue weighted by atomic mass is 16.6. The number of aromatic nitrogens is 4. The number of nitrogen functional groups attached to an aromatic ring is 1. The van der Waals surface area contributed by atoms with Gasteiger partial charge < -0.3 is 15.0 Å². The molecule has 0 aliphatic carbocycles. The van der Waals surface area contributed by atoms with E-state index in [4.69, 9.17) is 10.5 Å². The van der Waals surface area contributed by atoms with Gasteiger partial charge in [-0.05, 0) is 20.8 Å². The van der Waals surface area contributed by atoms with E-state index in [0.717, 1.165) is 0 Å². The summed E-state index contributed by atoms with van der Waals surface area (Å²) in [5, 5.41) is 0. The lowest BCUT2D eigenvalue weighted by Gasteiger charge is -2.19. The molecular formula is C11H15N5O3. The average Bonchev–Trinajstić information content (AvgIpc) is 2.57. The number of H-pyrrole nitrogens is 1. The van der Waals surface area contributed by atoms with Crippen molar-refractivity contribution in [3.63, 3.8) is 0 Å². The van der Waals surface area contributed by atoms with Crippen molar-refractivity contribution in [1.82, 2.24) is 19.5 Å². The van der Waals surface area contributed by atoms with Crippen molar-refractivity contribution in [1.29, 1.82) is 0 Å². The maximum atomic E-state index is 11.8. The molecule has 19 heavy (non-hydrogen) atoms. The Hall–Kier alpha value is -2.38. The molecule has 0 aromatic carbocycles. The third kappa shape index (κ3) is 2.90. The molecule has 0 saturated heterocycles. The van der Waals surface area contributed by atoms with Crippen LogP contribution in [-0.4, -0.2) is 31.1 Å². The standard InChI is InChI=1S/C11H15N5O3/c1-11(2,3)19-6(17)4-16-5-13-8-7(16)9(18)15-10(12)14-8/h5H,4H2,1-3H3,(H3,12,14,15,18). The fourth-order valence-electron chi connectivity index (χ4n) is 1.64. The summed E-state index contributed by atoms with van der Waals surface area (Å²) in [7, 11) is 0. The number of anilines is 1. The largest absolute Gasteiger partial charge is 0.459 e. The zero-order valence-corrected chi connectivity index (χ0v) is 10.9. The molecule has 3 N–H and O–H groups in total. The first-order chi connectivity index (χ1) is 8.76. The number of nitrogens with one attached hydrogen (secondary N) is 1. The first-order valence-corrected chi connectivity index (χ1v) is 5.69. The molecule has 0 radical (unpaired) electrons. The summed E-state index contributed by atoms with van der Waals surface area (Å²) in [6.45, 7) is 5.20. The number of nitrogens with two attached hydrogens (primary N) is 1. The lowest BCUT2D eigenvalue weighted by atomic mass is 10.2. The Labute approximate surface area is 108 Å². The Morgan fingerprint density at radius 3 is 2.84 bits per heavy atom. The zero-order chi connectivity index (χ0) is 14.2. The third-order valence-electron chi connectivity index (χ3n) is 2.22. The van der Waals surface area contributed by atoms with E-state index < -0.39 is 17.1 Å². The molecule has 8 nitrogen and oxygen atoms in total. The number of ether oxygens (including phenoxy) is 1. The molecule has 0 aliphatic rings. The molecule has 2 rings (SSSR count). The van der Waals surface area contributed by atoms with Gasteiger partial charge in [0.15, 0.2) is 11.2 Å². The molecule has 0 saturated carbocycles. The van der Waals surface area contributed by atoms with Crippen LogP contribution in [0.3, 0.4) is 0 Å². The second-order valence-corrected chi connectivity index (χ2v) is 5.08. The summed E-state index contributed by atoms with van der Waals surface area (Å²) in [5.74, 6) is -0.469. The first-order valence-electron chi connectivity index (χ1n) is 5.69. The van der Waals surface area contributed by atoms with Gasteiger partial charge in [0.25, 0.3) is 5.56 Å². The number of rotatable bonds is 2. The molecule has 8 heteroatoms. The van der Waals surface area contributed by atoms with E-state index in [9.17, 15) is 9.59 Å². The van der Waals surface area contributed by atoms with Gasteiger partial charge in [-0.15, -0.1) is 0 Å². The molecule has 0 atom stereocenters. The van der Waals surface area contributed by atoms with Gasteiger partial charge in [-0.2, -0.15) is 4.98 Å². The van der Waals surface area contributed by atoms with Crippen LogP contribution in [0.1, 0.15) is 20.8 Å². The minimum absolute atomic E-state index is 0.0139. The van der Waals surface area contributed by atoms with Crippen LogP contribution < -0.4 is 11.3 Å². The quantitative estimate of drug-likeness (QED) is 0.741. The summed E-state index contributed by atoms with van der Waals surface area (Å²) in [5.41, 5.74) is 4.78. The highest BCUT2D eigenvalue weighted by molar-refractivity contribution is 5.75. The van der Waals surface area contributed by atoms with E-state index in [-0.39, 0.29) is 23.7 Å². The molecule has 2 aromatic rings. The van der Waals surface area contributed by atoms with Gasteiger partial charge in [-0.1, -0.05) is 0 Å². The first kappa shape index (κ1) is 13.1. The molecule has 2 heterocycles. The number of fused-ring (bicyclic) bond motifs is 1. The molecule has 0 bridgehead atoms. The van der Waals surface area contributed by atoms with Crippen LogP contribution in [0.25, 0.3) is 11.2 Å². The Balaban J connectivity index is 2.32. The molecule has 0 fully saturated rings. The van der Waals surface area contributed by atoms with Crippen molar-refractivity contribution < 1.29 is 9.53 Å².